The lowest BCUT2D eigenvalue weighted by atomic mass is 9.94. The maximum atomic E-state index is 6.39. The van der Waals surface area contributed by atoms with E-state index >= 15 is 0 Å². The maximum Gasteiger partial charge on any atom is 0.162 e. The number of benzene rings is 7. The van der Waals surface area contributed by atoms with Crippen LogP contribution >= 0.6 is 0 Å². The van der Waals surface area contributed by atoms with E-state index in [0.29, 0.717) is 5.82 Å². The lowest BCUT2D eigenvalue weighted by molar-refractivity contribution is 0.669. The van der Waals surface area contributed by atoms with E-state index in [-0.39, 0.29) is 0 Å². The summed E-state index contributed by atoms with van der Waals surface area (Å²) in [4.78, 5) is 16.0. The summed E-state index contributed by atoms with van der Waals surface area (Å²) in [7, 11) is 0. The Morgan fingerprint density at radius 3 is 1.65 bits per heavy atom. The van der Waals surface area contributed by atoms with Gasteiger partial charge in [-0.3, -0.25) is 0 Å². The topological polar surface area (TPSA) is 51.8 Å². The van der Waals surface area contributed by atoms with Gasteiger partial charge in [-0.1, -0.05) is 146 Å². The minimum Gasteiger partial charge on any atom is -0.456 e. The number of pyridine rings is 1. The van der Waals surface area contributed by atoms with Crippen molar-refractivity contribution in [2.45, 2.75) is 0 Å². The Bertz CT molecular complexity index is 2880. The molecule has 0 aliphatic heterocycles. The summed E-state index contributed by atoms with van der Waals surface area (Å²) in [5, 5.41) is 5.38. The molecule has 7 aromatic carbocycles. The molecule has 0 spiro atoms. The molecule has 10 rings (SSSR count). The molecule has 4 heteroatoms. The molecule has 4 nitrogen and oxygen atoms in total. The summed E-state index contributed by atoms with van der Waals surface area (Å²) in [6.45, 7) is 0. The number of furan rings is 1. The fraction of sp³-hybridized carbons (Fsp3) is 0. The number of para-hydroxylation sites is 2. The highest BCUT2D eigenvalue weighted by molar-refractivity contribution is 6.29. The van der Waals surface area contributed by atoms with Crippen molar-refractivity contribution in [1.82, 2.24) is 15.0 Å². The van der Waals surface area contributed by atoms with Gasteiger partial charge in [0.2, 0.25) is 0 Å². The zero-order valence-corrected chi connectivity index (χ0v) is 27.5. The van der Waals surface area contributed by atoms with Crippen LogP contribution in [-0.4, -0.2) is 15.0 Å². The predicted molar refractivity (Wildman–Crippen MR) is 209 cm³/mol. The van der Waals surface area contributed by atoms with Gasteiger partial charge in [0.05, 0.1) is 22.6 Å². The summed E-state index contributed by atoms with van der Waals surface area (Å²) >= 11 is 0. The van der Waals surface area contributed by atoms with Gasteiger partial charge < -0.3 is 4.42 Å². The Hall–Kier alpha value is -6.91. The quantitative estimate of drug-likeness (QED) is 0.174. The smallest absolute Gasteiger partial charge is 0.162 e. The first-order chi connectivity index (χ1) is 25.3. The van der Waals surface area contributed by atoms with Gasteiger partial charge in [-0.15, -0.1) is 0 Å². The summed E-state index contributed by atoms with van der Waals surface area (Å²) in [6, 6.07) is 60.7. The van der Waals surface area contributed by atoms with Crippen molar-refractivity contribution in [2.75, 3.05) is 0 Å². The van der Waals surface area contributed by atoms with E-state index in [1.54, 1.807) is 0 Å². The first-order valence-electron chi connectivity index (χ1n) is 17.1. The molecule has 3 aromatic heterocycles. The van der Waals surface area contributed by atoms with Gasteiger partial charge in [0.25, 0.3) is 0 Å². The Kier molecular flexibility index (Phi) is 6.78. The number of aromatic nitrogens is 3. The number of hydrogen-bond acceptors (Lipinski definition) is 4. The molecule has 0 saturated carbocycles. The van der Waals surface area contributed by atoms with Crippen molar-refractivity contribution >= 4 is 43.6 Å². The van der Waals surface area contributed by atoms with Gasteiger partial charge >= 0.3 is 0 Å². The van der Waals surface area contributed by atoms with Crippen LogP contribution in [0.25, 0.3) is 99.9 Å². The molecule has 0 bridgehead atoms. The third-order valence-electron chi connectivity index (χ3n) is 9.70. The monoisotopic (exact) mass is 651 g/mol. The van der Waals surface area contributed by atoms with Gasteiger partial charge in [0.15, 0.2) is 5.82 Å². The van der Waals surface area contributed by atoms with Gasteiger partial charge in [-0.05, 0) is 41.5 Å². The first-order valence-corrected chi connectivity index (χ1v) is 17.1. The highest BCUT2D eigenvalue weighted by atomic mass is 16.3. The van der Waals surface area contributed by atoms with Gasteiger partial charge in [0, 0.05) is 49.2 Å². The number of rotatable bonds is 5. The highest BCUT2D eigenvalue weighted by Gasteiger charge is 2.20. The van der Waals surface area contributed by atoms with Gasteiger partial charge in [-0.2, -0.15) is 0 Å². The third-order valence-corrected chi connectivity index (χ3v) is 9.70. The van der Waals surface area contributed by atoms with Crippen LogP contribution in [-0.2, 0) is 0 Å². The lowest BCUT2D eigenvalue weighted by Crippen LogP contribution is -1.98. The average Bonchev–Trinajstić information content (AvgIpc) is 3.60. The summed E-state index contributed by atoms with van der Waals surface area (Å²) in [6.07, 6.45) is 0. The molecule has 0 radical (unpaired) electrons. The second-order valence-corrected chi connectivity index (χ2v) is 12.8. The van der Waals surface area contributed by atoms with Crippen LogP contribution in [0.5, 0.6) is 0 Å². The van der Waals surface area contributed by atoms with Crippen LogP contribution in [0.4, 0.5) is 0 Å². The van der Waals surface area contributed by atoms with Crippen molar-refractivity contribution in [2.24, 2.45) is 0 Å². The fourth-order valence-corrected chi connectivity index (χ4v) is 7.26. The second-order valence-electron chi connectivity index (χ2n) is 12.8. The van der Waals surface area contributed by atoms with Crippen LogP contribution in [0.1, 0.15) is 0 Å². The summed E-state index contributed by atoms with van der Waals surface area (Å²) in [5.74, 6) is 0.624. The third kappa shape index (κ3) is 4.96. The molecule has 238 valence electrons. The van der Waals surface area contributed by atoms with Crippen molar-refractivity contribution in [1.29, 1.82) is 0 Å². The molecule has 0 fully saturated rings. The first kappa shape index (κ1) is 29.0. The van der Waals surface area contributed by atoms with Crippen LogP contribution in [0.15, 0.2) is 180 Å². The van der Waals surface area contributed by atoms with Crippen molar-refractivity contribution in [3.63, 3.8) is 0 Å². The van der Waals surface area contributed by atoms with Crippen LogP contribution in [0, 0.1) is 0 Å². The van der Waals surface area contributed by atoms with E-state index in [4.69, 9.17) is 19.4 Å². The molecule has 0 N–H and O–H groups in total. The molecule has 10 aromatic rings. The van der Waals surface area contributed by atoms with Crippen molar-refractivity contribution in [3.05, 3.63) is 176 Å². The summed E-state index contributed by atoms with van der Waals surface area (Å²) < 4.78 is 6.39. The van der Waals surface area contributed by atoms with Gasteiger partial charge in [-0.25, -0.2) is 15.0 Å². The molecule has 51 heavy (non-hydrogen) atoms. The Morgan fingerprint density at radius 2 is 0.922 bits per heavy atom. The van der Waals surface area contributed by atoms with E-state index in [1.807, 2.05) is 42.5 Å². The van der Waals surface area contributed by atoms with E-state index in [2.05, 4.69) is 133 Å². The van der Waals surface area contributed by atoms with E-state index < -0.39 is 0 Å². The molecule has 0 saturated heterocycles. The van der Waals surface area contributed by atoms with E-state index in [9.17, 15) is 0 Å². The van der Waals surface area contributed by atoms with E-state index in [0.717, 1.165) is 88.5 Å². The molecule has 0 atom stereocenters. The van der Waals surface area contributed by atoms with Gasteiger partial charge in [0.1, 0.15) is 11.2 Å². The van der Waals surface area contributed by atoms with Crippen molar-refractivity contribution < 1.29 is 4.42 Å². The van der Waals surface area contributed by atoms with Crippen LogP contribution in [0.3, 0.4) is 0 Å². The molecule has 0 aliphatic rings. The molecule has 0 amide bonds. The zero-order chi connectivity index (χ0) is 33.7. The minimum atomic E-state index is 0.624. The minimum absolute atomic E-state index is 0.624. The van der Waals surface area contributed by atoms with E-state index in [1.165, 1.54) is 5.56 Å². The normalized spacial score (nSPS) is 11.5. The highest BCUT2D eigenvalue weighted by Crippen LogP contribution is 2.43. The summed E-state index contributed by atoms with van der Waals surface area (Å²) in [5.41, 5.74) is 11.5. The fourth-order valence-electron chi connectivity index (χ4n) is 7.26. The van der Waals surface area contributed by atoms with Crippen LogP contribution in [0.2, 0.25) is 0 Å². The second kappa shape index (κ2) is 11.9. The average molecular weight is 652 g/mol. The predicted octanol–water partition coefficient (Wildman–Crippen LogP) is 12.4. The lowest BCUT2D eigenvalue weighted by Gasteiger charge is -2.15. The standard InChI is InChI=1S/C47H29N3O/c1-4-13-30(14-5-1)31-23-25-33(26-24-31)40-29-39(32-15-6-2-7-16-32)48-47(49-40)38-21-12-20-36-43-37(45(50-46(36)38)34-17-8-3-9-18-34)27-28-42-44(43)35-19-10-11-22-41(35)51-42/h1-29H. The Morgan fingerprint density at radius 1 is 0.353 bits per heavy atom. The molecule has 0 aliphatic carbocycles. The molecular formula is C47H29N3O. The number of hydrogen-bond donors (Lipinski definition) is 0. The number of fused-ring (bicyclic) bond motifs is 7. The molecule has 0 unspecified atom stereocenters. The Balaban J connectivity index is 1.26. The largest absolute Gasteiger partial charge is 0.456 e. The maximum absolute atomic E-state index is 6.39. The molecular weight excluding hydrogens is 623 g/mol. The Labute approximate surface area is 294 Å². The zero-order valence-electron chi connectivity index (χ0n) is 27.5. The SMILES string of the molecule is c1ccc(-c2ccc(-c3cc(-c4ccccc4)nc(-c4cccc5c4nc(-c4ccccc4)c4ccc6oc7ccccc7c6c45)n3)cc2)cc1. The van der Waals surface area contributed by atoms with Crippen LogP contribution < -0.4 is 0 Å². The number of nitrogens with zero attached hydrogens (tertiary/aromatic N) is 3. The van der Waals surface area contributed by atoms with Crippen molar-refractivity contribution in [3.8, 4) is 56.3 Å². The molecule has 3 heterocycles.